The first kappa shape index (κ1) is 66.7. The summed E-state index contributed by atoms with van der Waals surface area (Å²) in [5, 5.41) is 18.3. The number of likely N-dealkylation sites (tertiary alicyclic amines) is 1. The van der Waals surface area contributed by atoms with Gasteiger partial charge in [0.1, 0.15) is 59.9 Å². The lowest BCUT2D eigenvalue weighted by Gasteiger charge is -2.31. The number of primary amides is 2. The fourth-order valence-electron chi connectivity index (χ4n) is 8.64. The third kappa shape index (κ3) is 23.0. The molecule has 19 N–H and O–H groups in total. The van der Waals surface area contributed by atoms with E-state index in [2.05, 4.69) is 47.2 Å². The Kier molecular flexibility index (Phi) is 27.8. The van der Waals surface area contributed by atoms with Gasteiger partial charge < -0.3 is 81.3 Å². The molecule has 27 nitrogen and oxygen atoms in total. The molecule has 1 fully saturated rings. The lowest BCUT2D eigenvalue weighted by atomic mass is 9.99. The number of hydrogen-bond acceptors (Lipinski definition) is 13. The first-order valence-electron chi connectivity index (χ1n) is 26.9. The Morgan fingerprint density at radius 1 is 0.617 bits per heavy atom. The summed E-state index contributed by atoms with van der Waals surface area (Å²) in [6.45, 7) is 8.91. The van der Waals surface area contributed by atoms with Crippen LogP contribution in [0, 0.1) is 11.7 Å². The van der Waals surface area contributed by atoms with Crippen molar-refractivity contribution in [2.75, 3.05) is 26.2 Å². The molecule has 1 heterocycles. The highest BCUT2D eigenvalue weighted by Crippen LogP contribution is 2.21. The zero-order chi connectivity index (χ0) is 60.3. The van der Waals surface area contributed by atoms with Crippen molar-refractivity contribution >= 4 is 71.0 Å². The molecule has 10 amide bonds. The van der Waals surface area contributed by atoms with Crippen LogP contribution in [0.15, 0.2) is 58.5 Å². The van der Waals surface area contributed by atoms with Crippen LogP contribution in [0.25, 0.3) is 0 Å². The normalized spacial score (nSPS) is 15.4. The highest BCUT2D eigenvalue weighted by Gasteiger charge is 2.40. The molecule has 0 unspecified atom stereocenters. The van der Waals surface area contributed by atoms with Gasteiger partial charge in [-0.2, -0.15) is 0 Å². The molecule has 2 aromatic carbocycles. The molecule has 1 aliphatic rings. The monoisotopic (exact) mass is 1140 g/mol. The largest absolute Gasteiger partial charge is 0.494 e. The molecule has 0 radical (unpaired) electrons. The van der Waals surface area contributed by atoms with E-state index in [0.717, 1.165) is 0 Å². The molecule has 446 valence electrons. The fraction of sp³-hybridized carbons (Fsp3) is 0.547. The minimum Gasteiger partial charge on any atom is -0.494 e. The molecule has 0 aliphatic carbocycles. The number of nitrogens with zero attached hydrogens (tertiary/aromatic N) is 3. The van der Waals surface area contributed by atoms with E-state index in [1.165, 1.54) is 29.2 Å². The molecule has 28 heteroatoms. The van der Waals surface area contributed by atoms with Crippen molar-refractivity contribution < 1.29 is 57.1 Å². The van der Waals surface area contributed by atoms with Crippen LogP contribution in [0.4, 0.5) is 4.39 Å². The van der Waals surface area contributed by atoms with Gasteiger partial charge >= 0.3 is 0 Å². The Balaban J connectivity index is 1.83. The average Bonchev–Trinajstić information content (AvgIpc) is 3.98. The number of guanidine groups is 2. The summed E-state index contributed by atoms with van der Waals surface area (Å²) in [7, 11) is 0. The van der Waals surface area contributed by atoms with Crippen molar-refractivity contribution in [3.8, 4) is 5.75 Å². The number of carbonyl (C=O) groups is 10. The van der Waals surface area contributed by atoms with Gasteiger partial charge in [0, 0.05) is 38.9 Å². The Bertz CT molecular complexity index is 2540. The molecule has 0 saturated carbocycles. The van der Waals surface area contributed by atoms with E-state index in [0.29, 0.717) is 29.9 Å². The first-order chi connectivity index (χ1) is 38.4. The summed E-state index contributed by atoms with van der Waals surface area (Å²) in [4.78, 5) is 145. The Hall–Kier alpha value is -8.59. The van der Waals surface area contributed by atoms with Gasteiger partial charge in [0.05, 0.1) is 13.0 Å². The third-order valence-corrected chi connectivity index (χ3v) is 13.0. The minimum absolute atomic E-state index is 0.00383. The van der Waals surface area contributed by atoms with E-state index in [-0.39, 0.29) is 89.3 Å². The van der Waals surface area contributed by atoms with Gasteiger partial charge in [-0.05, 0) is 93.2 Å². The number of aliphatic imine (C=N–C) groups is 2. The topological polar surface area (TPSA) is 448 Å². The molecule has 0 aromatic heterocycles. The highest BCUT2D eigenvalue weighted by molar-refractivity contribution is 5.99. The zero-order valence-electron chi connectivity index (χ0n) is 46.6. The van der Waals surface area contributed by atoms with E-state index < -0.39 is 126 Å². The Labute approximate surface area is 470 Å². The molecule has 3 rings (SSSR count). The SMILES string of the molecule is CCOc1ccc(C[C@@H](NC(=O)CC)C(=O)N[C@H](Cc2ccc(F)cc2)C(=O)N[C@H](C(=O)N[C@@H](CC(N)=O)C(=O)N[C@@H](CC)C(=O)N2CCC[C@H]2C(=O)N[C@@H](CCCN=C(N)N)C(=O)N[C@@H](CCCN=C(N)N)C(N)=O)C(C)C)cc1. The number of halogens is 1. The average molecular weight is 1140 g/mol. The number of nitrogens with two attached hydrogens (primary N) is 6. The van der Waals surface area contributed by atoms with Crippen molar-refractivity contribution in [3.63, 3.8) is 0 Å². The number of ether oxygens (including phenoxy) is 1. The maximum atomic E-state index is 14.3. The number of nitrogens with one attached hydrogen (secondary N) is 7. The minimum atomic E-state index is -1.69. The van der Waals surface area contributed by atoms with Gasteiger partial charge in [0.2, 0.25) is 59.1 Å². The lowest BCUT2D eigenvalue weighted by Crippen LogP contribution is -2.61. The van der Waals surface area contributed by atoms with Gasteiger partial charge in [-0.1, -0.05) is 52.0 Å². The molecule has 0 spiro atoms. The summed E-state index contributed by atoms with van der Waals surface area (Å²) >= 11 is 0. The fourth-order valence-corrected chi connectivity index (χ4v) is 8.64. The van der Waals surface area contributed by atoms with Crippen LogP contribution in [0.1, 0.15) is 104 Å². The summed E-state index contributed by atoms with van der Waals surface area (Å²) in [6, 6.07) is 1.48. The first-order valence-corrected chi connectivity index (χ1v) is 26.9. The second-order valence-electron chi connectivity index (χ2n) is 19.7. The number of amides is 10. The summed E-state index contributed by atoms with van der Waals surface area (Å²) in [6.07, 6.45) is 0.141. The van der Waals surface area contributed by atoms with Gasteiger partial charge in [-0.15, -0.1) is 0 Å². The maximum Gasteiger partial charge on any atom is 0.245 e. The maximum absolute atomic E-state index is 14.3. The number of benzene rings is 2. The van der Waals surface area contributed by atoms with Crippen LogP contribution in [0.5, 0.6) is 5.75 Å². The van der Waals surface area contributed by atoms with Crippen molar-refractivity contribution in [3.05, 3.63) is 65.5 Å². The van der Waals surface area contributed by atoms with Gasteiger partial charge in [0.15, 0.2) is 11.9 Å². The highest BCUT2D eigenvalue weighted by atomic mass is 19.1. The van der Waals surface area contributed by atoms with E-state index in [4.69, 9.17) is 39.1 Å². The van der Waals surface area contributed by atoms with Crippen LogP contribution in [0.3, 0.4) is 0 Å². The molecule has 2 aromatic rings. The van der Waals surface area contributed by atoms with E-state index in [1.807, 2.05) is 6.92 Å². The van der Waals surface area contributed by atoms with Crippen LogP contribution >= 0.6 is 0 Å². The molecule has 8 atom stereocenters. The zero-order valence-corrected chi connectivity index (χ0v) is 46.6. The van der Waals surface area contributed by atoms with E-state index in [1.54, 1.807) is 52.0 Å². The second-order valence-corrected chi connectivity index (χ2v) is 19.7. The van der Waals surface area contributed by atoms with E-state index >= 15 is 0 Å². The molecule has 81 heavy (non-hydrogen) atoms. The van der Waals surface area contributed by atoms with Crippen molar-refractivity contribution in [1.82, 2.24) is 42.1 Å². The summed E-state index contributed by atoms with van der Waals surface area (Å²) in [5.41, 5.74) is 33.9. The predicted octanol–water partition coefficient (Wildman–Crippen LogP) is -2.66. The third-order valence-electron chi connectivity index (χ3n) is 13.0. The molecule has 1 saturated heterocycles. The van der Waals surface area contributed by atoms with Crippen LogP contribution in [0.2, 0.25) is 0 Å². The Morgan fingerprint density at radius 2 is 1.11 bits per heavy atom. The molecular weight excluding hydrogens is 1060 g/mol. The smallest absolute Gasteiger partial charge is 0.245 e. The molecular formula is C53H81FN16O11. The van der Waals surface area contributed by atoms with Crippen LogP contribution in [-0.4, -0.2) is 150 Å². The van der Waals surface area contributed by atoms with Gasteiger partial charge in [-0.25, -0.2) is 4.39 Å². The Morgan fingerprint density at radius 3 is 1.63 bits per heavy atom. The van der Waals surface area contributed by atoms with Gasteiger partial charge in [-0.3, -0.25) is 57.9 Å². The van der Waals surface area contributed by atoms with Crippen molar-refractivity contribution in [2.45, 2.75) is 154 Å². The standard InChI is InChI=1S/C53H81FN16O11/c1-6-34(51(80)70-25-11-14-40(70)49(78)66-36(13-10-24-62-53(59)60)45(74)65-35(44(56)73)12-9-23-61-52(57)58)64-47(76)39(28-41(55)71)68-50(79)43(29(4)5)69-48(77)38(27-30-15-19-32(54)20-16-30)67-46(75)37(63-42(72)7-2)26-31-17-21-33(22-18-31)81-8-3/h15-22,29,34-40,43H,6-14,23-28H2,1-5H3,(H2,55,71)(H2,56,73)(H,63,72)(H,64,76)(H,65,74)(H,66,78)(H,67,75)(H,68,79)(H,69,77)(H4,57,58,61)(H4,59,60,62)/t34-,35-,36-,37+,38+,39-,40-,43-/m0/s1. The lowest BCUT2D eigenvalue weighted by molar-refractivity contribution is -0.143. The van der Waals surface area contributed by atoms with Crippen LogP contribution in [-0.2, 0) is 60.8 Å². The number of carbonyl (C=O) groups excluding carboxylic acids is 10. The van der Waals surface area contributed by atoms with Gasteiger partial charge in [0.25, 0.3) is 0 Å². The predicted molar refractivity (Wildman–Crippen MR) is 298 cm³/mol. The quantitative estimate of drug-likeness (QED) is 0.0193. The summed E-state index contributed by atoms with van der Waals surface area (Å²) < 4.78 is 19.5. The summed E-state index contributed by atoms with van der Waals surface area (Å²) in [5.74, 6) is -9.08. The van der Waals surface area contributed by atoms with E-state index in [9.17, 15) is 52.3 Å². The van der Waals surface area contributed by atoms with Crippen LogP contribution < -0.4 is 76.4 Å². The van der Waals surface area contributed by atoms with Crippen molar-refractivity contribution in [1.29, 1.82) is 0 Å². The molecule has 0 bridgehead atoms. The second kappa shape index (κ2) is 33.8. The molecule has 1 aliphatic heterocycles. The number of rotatable bonds is 34. The van der Waals surface area contributed by atoms with Crippen molar-refractivity contribution in [2.24, 2.45) is 50.3 Å². The number of hydrogen-bond donors (Lipinski definition) is 13.